The number of alkyl halides is 3. The van der Waals surface area contributed by atoms with Crippen LogP contribution in [0.2, 0.25) is 5.02 Å². The smallest absolute Gasteiger partial charge is 0.383 e. The Bertz CT molecular complexity index is 1440. The first-order valence-electron chi connectivity index (χ1n) is 10.2. The molecule has 1 aliphatic rings. The molecule has 0 fully saturated rings. The van der Waals surface area contributed by atoms with Crippen LogP contribution in [0.1, 0.15) is 30.2 Å². The van der Waals surface area contributed by atoms with Gasteiger partial charge in [0, 0.05) is 36.5 Å². The molecule has 0 aliphatic carbocycles. The molecular formula is C22H17ClF3N7O. The maximum absolute atomic E-state index is 13.0. The maximum atomic E-state index is 13.0. The topological polar surface area (TPSA) is 111 Å². The molecule has 0 saturated carbocycles. The van der Waals surface area contributed by atoms with Crippen molar-refractivity contribution in [3.05, 3.63) is 64.7 Å². The third-order valence-electron chi connectivity index (χ3n) is 5.86. The van der Waals surface area contributed by atoms with Gasteiger partial charge in [0.15, 0.2) is 11.5 Å². The number of hydrogen-bond donors (Lipinski definition) is 2. The van der Waals surface area contributed by atoms with E-state index in [0.29, 0.717) is 21.8 Å². The number of nitrogen functional groups attached to an aromatic ring is 1. The molecule has 4 aromatic rings. The van der Waals surface area contributed by atoms with Crippen LogP contribution in [0.25, 0.3) is 17.2 Å². The summed E-state index contributed by atoms with van der Waals surface area (Å²) in [5, 5.41) is 3.27. The molecular weight excluding hydrogens is 471 g/mol. The molecule has 1 amide bonds. The van der Waals surface area contributed by atoms with Crippen molar-refractivity contribution in [3.63, 3.8) is 0 Å². The van der Waals surface area contributed by atoms with Gasteiger partial charge in [-0.15, -0.1) is 0 Å². The average Bonchev–Trinajstić information content (AvgIpc) is 3.35. The second-order valence-electron chi connectivity index (χ2n) is 8.09. The van der Waals surface area contributed by atoms with Gasteiger partial charge in [0.25, 0.3) is 0 Å². The highest BCUT2D eigenvalue weighted by molar-refractivity contribution is 6.30. The van der Waals surface area contributed by atoms with Crippen LogP contribution in [0.4, 0.5) is 24.8 Å². The number of nitrogens with zero attached hydrogens (tertiary/aromatic N) is 5. The fraction of sp³-hybridized carbons (Fsp3) is 0.227. The summed E-state index contributed by atoms with van der Waals surface area (Å²) in [5.74, 6) is 0.00196. The molecule has 12 heteroatoms. The Hall–Kier alpha value is -3.73. The summed E-state index contributed by atoms with van der Waals surface area (Å²) in [6, 6.07) is 6.80. The first-order valence-corrected chi connectivity index (χ1v) is 10.6. The third-order valence-corrected chi connectivity index (χ3v) is 6.11. The summed E-state index contributed by atoms with van der Waals surface area (Å²) in [4.78, 5) is 30.3. The van der Waals surface area contributed by atoms with E-state index in [0.717, 1.165) is 0 Å². The van der Waals surface area contributed by atoms with E-state index in [1.54, 1.807) is 48.0 Å². The molecule has 3 aromatic heterocycles. The quantitative estimate of drug-likeness (QED) is 0.447. The monoisotopic (exact) mass is 487 g/mol. The highest BCUT2D eigenvalue weighted by Gasteiger charge is 2.47. The van der Waals surface area contributed by atoms with E-state index in [1.807, 2.05) is 0 Å². The van der Waals surface area contributed by atoms with Gasteiger partial charge in [0.2, 0.25) is 5.91 Å². The molecule has 1 atom stereocenters. The Morgan fingerprint density at radius 1 is 1.18 bits per heavy atom. The zero-order valence-electron chi connectivity index (χ0n) is 17.7. The van der Waals surface area contributed by atoms with Crippen molar-refractivity contribution in [2.45, 2.75) is 31.4 Å². The van der Waals surface area contributed by atoms with Gasteiger partial charge in [-0.2, -0.15) is 13.2 Å². The van der Waals surface area contributed by atoms with Gasteiger partial charge < -0.3 is 15.5 Å². The van der Waals surface area contributed by atoms with E-state index >= 15 is 0 Å². The van der Waals surface area contributed by atoms with Crippen LogP contribution in [0.3, 0.4) is 0 Å². The van der Waals surface area contributed by atoms with Gasteiger partial charge >= 0.3 is 6.18 Å². The molecule has 4 heterocycles. The van der Waals surface area contributed by atoms with Gasteiger partial charge in [0.1, 0.15) is 22.7 Å². The van der Waals surface area contributed by atoms with E-state index in [9.17, 15) is 18.0 Å². The number of anilines is 2. The predicted molar refractivity (Wildman–Crippen MR) is 119 cm³/mol. The van der Waals surface area contributed by atoms with Crippen molar-refractivity contribution in [1.29, 1.82) is 0 Å². The maximum Gasteiger partial charge on any atom is 0.389 e. The Morgan fingerprint density at radius 2 is 1.91 bits per heavy atom. The number of aromatic nitrogens is 5. The van der Waals surface area contributed by atoms with Crippen LogP contribution in [-0.2, 0) is 16.6 Å². The second kappa shape index (κ2) is 7.66. The number of nitrogens with two attached hydrogens (primary N) is 1. The number of rotatable bonds is 4. The SMILES string of the molecule is CC1(c2ccc(Cl)cc2)C(=O)Nc2nc(-c3cn4ccnc4c(CCC(F)(F)F)n3)nc(N)c21. The van der Waals surface area contributed by atoms with Crippen molar-refractivity contribution in [2.75, 3.05) is 11.1 Å². The summed E-state index contributed by atoms with van der Waals surface area (Å²) in [7, 11) is 0. The molecule has 1 aromatic carbocycles. The van der Waals surface area contributed by atoms with Gasteiger partial charge in [-0.05, 0) is 24.6 Å². The number of aryl methyl sites for hydroxylation is 1. The first-order chi connectivity index (χ1) is 16.1. The minimum atomic E-state index is -4.34. The lowest BCUT2D eigenvalue weighted by Crippen LogP contribution is -2.32. The Morgan fingerprint density at radius 3 is 2.62 bits per heavy atom. The number of halogens is 4. The van der Waals surface area contributed by atoms with Gasteiger partial charge in [-0.3, -0.25) is 4.79 Å². The number of imidazole rings is 1. The van der Waals surface area contributed by atoms with Gasteiger partial charge in [0.05, 0.1) is 11.3 Å². The first kappa shape index (κ1) is 22.1. The normalized spacial score (nSPS) is 17.7. The standard InChI is InChI=1S/C22H17ClF3N7O/c1-21(11-2-4-12(23)5-3-11)15-16(27)30-17(31-18(15)32-20(21)34)14-10-33-9-8-28-19(33)13(29-14)6-7-22(24,25)26/h2-5,8-10H,6-7H2,1H3,(H3,27,30,31,32,34). The van der Waals surface area contributed by atoms with Crippen LogP contribution in [0.5, 0.6) is 0 Å². The molecule has 34 heavy (non-hydrogen) atoms. The largest absolute Gasteiger partial charge is 0.389 e. The van der Waals surface area contributed by atoms with Crippen molar-refractivity contribution >= 4 is 34.8 Å². The van der Waals surface area contributed by atoms with E-state index in [2.05, 4.69) is 25.3 Å². The van der Waals surface area contributed by atoms with E-state index in [-0.39, 0.29) is 41.2 Å². The molecule has 8 nitrogen and oxygen atoms in total. The number of carbonyl (C=O) groups excluding carboxylic acids is 1. The molecule has 5 rings (SSSR count). The molecule has 1 aliphatic heterocycles. The Balaban J connectivity index is 1.60. The minimum absolute atomic E-state index is 0.0557. The van der Waals surface area contributed by atoms with Crippen molar-refractivity contribution in [3.8, 4) is 11.5 Å². The van der Waals surface area contributed by atoms with E-state index in [1.165, 1.54) is 6.20 Å². The fourth-order valence-electron chi connectivity index (χ4n) is 4.11. The third kappa shape index (κ3) is 3.61. The van der Waals surface area contributed by atoms with Crippen LogP contribution < -0.4 is 11.1 Å². The number of hydrogen-bond acceptors (Lipinski definition) is 6. The lowest BCUT2D eigenvalue weighted by molar-refractivity contribution is -0.134. The fourth-order valence-corrected chi connectivity index (χ4v) is 4.24. The lowest BCUT2D eigenvalue weighted by Gasteiger charge is -2.23. The summed E-state index contributed by atoms with van der Waals surface area (Å²) >= 11 is 5.99. The Labute approximate surface area is 196 Å². The van der Waals surface area contributed by atoms with Crippen molar-refractivity contribution in [1.82, 2.24) is 24.3 Å². The summed E-state index contributed by atoms with van der Waals surface area (Å²) in [6.45, 7) is 1.71. The summed E-state index contributed by atoms with van der Waals surface area (Å²) < 4.78 is 40.0. The van der Waals surface area contributed by atoms with Crippen molar-refractivity contribution in [2.24, 2.45) is 0 Å². The number of fused-ring (bicyclic) bond motifs is 2. The van der Waals surface area contributed by atoms with Crippen LogP contribution >= 0.6 is 11.6 Å². The molecule has 174 valence electrons. The van der Waals surface area contributed by atoms with Crippen molar-refractivity contribution < 1.29 is 18.0 Å². The molecule has 3 N–H and O–H groups in total. The van der Waals surface area contributed by atoms with Crippen LogP contribution in [0.15, 0.2) is 42.9 Å². The van der Waals surface area contributed by atoms with Crippen LogP contribution in [0, 0.1) is 0 Å². The number of benzene rings is 1. The summed E-state index contributed by atoms with van der Waals surface area (Å²) in [6.07, 6.45) is -1.14. The second-order valence-corrected chi connectivity index (χ2v) is 8.52. The molecule has 0 saturated heterocycles. The molecule has 0 radical (unpaired) electrons. The zero-order valence-corrected chi connectivity index (χ0v) is 18.4. The zero-order chi connectivity index (χ0) is 24.3. The number of amides is 1. The number of nitrogens with one attached hydrogen (secondary N) is 1. The lowest BCUT2D eigenvalue weighted by atomic mass is 9.78. The molecule has 0 spiro atoms. The average molecular weight is 488 g/mol. The Kier molecular flexibility index (Phi) is 4.97. The highest BCUT2D eigenvalue weighted by Crippen LogP contribution is 2.45. The van der Waals surface area contributed by atoms with Gasteiger partial charge in [-0.25, -0.2) is 19.9 Å². The predicted octanol–water partition coefficient (Wildman–Crippen LogP) is 4.17. The molecule has 1 unspecified atom stereocenters. The number of carbonyl (C=O) groups is 1. The molecule has 0 bridgehead atoms. The highest BCUT2D eigenvalue weighted by atomic mass is 35.5. The summed E-state index contributed by atoms with van der Waals surface area (Å²) in [5.41, 5.74) is 6.87. The van der Waals surface area contributed by atoms with E-state index < -0.39 is 18.0 Å². The van der Waals surface area contributed by atoms with Gasteiger partial charge in [-0.1, -0.05) is 23.7 Å². The minimum Gasteiger partial charge on any atom is -0.383 e. The van der Waals surface area contributed by atoms with E-state index in [4.69, 9.17) is 17.3 Å². The van der Waals surface area contributed by atoms with Crippen LogP contribution in [-0.4, -0.2) is 36.4 Å².